The molecule has 0 radical (unpaired) electrons. The molecule has 1 N–H and O–H groups in total. The summed E-state index contributed by atoms with van der Waals surface area (Å²) < 4.78 is 15.9. The number of ether oxygens (including phenoxy) is 3. The van der Waals surface area contributed by atoms with E-state index in [-0.39, 0.29) is 11.9 Å². The second-order valence-corrected chi connectivity index (χ2v) is 5.29. The van der Waals surface area contributed by atoms with Crippen molar-refractivity contribution < 1.29 is 19.0 Å². The van der Waals surface area contributed by atoms with Crippen LogP contribution in [0.4, 0.5) is 0 Å². The Balaban J connectivity index is 2.71. The first-order valence-corrected chi connectivity index (χ1v) is 7.63. The number of carbonyl (C=O) groups excluding carboxylic acids is 1. The Morgan fingerprint density at radius 3 is 2.18 bits per heavy atom. The summed E-state index contributed by atoms with van der Waals surface area (Å²) in [5.41, 5.74) is 0.979. The van der Waals surface area contributed by atoms with E-state index in [4.69, 9.17) is 14.2 Å². The average Bonchev–Trinajstić information content (AvgIpc) is 2.51. The van der Waals surface area contributed by atoms with Gasteiger partial charge >= 0.3 is 0 Å². The maximum atomic E-state index is 11.9. The smallest absolute Gasteiger partial charge is 0.220 e. The highest BCUT2D eigenvalue weighted by Gasteiger charge is 2.14. The number of aryl methyl sites for hydroxylation is 1. The van der Waals surface area contributed by atoms with Gasteiger partial charge in [0, 0.05) is 12.5 Å². The van der Waals surface area contributed by atoms with Crippen LogP contribution in [0.15, 0.2) is 12.1 Å². The maximum Gasteiger partial charge on any atom is 0.220 e. The van der Waals surface area contributed by atoms with Gasteiger partial charge in [-0.05, 0) is 37.5 Å². The van der Waals surface area contributed by atoms with Crippen LogP contribution in [0.25, 0.3) is 0 Å². The van der Waals surface area contributed by atoms with E-state index >= 15 is 0 Å². The minimum atomic E-state index is 0.0645. The van der Waals surface area contributed by atoms with Gasteiger partial charge in [-0.1, -0.05) is 13.3 Å². The summed E-state index contributed by atoms with van der Waals surface area (Å²) in [5.74, 6) is 1.85. The molecule has 0 aliphatic heterocycles. The summed E-state index contributed by atoms with van der Waals surface area (Å²) in [4.78, 5) is 11.9. The summed E-state index contributed by atoms with van der Waals surface area (Å²) in [6.07, 6.45) is 3.12. The predicted octanol–water partition coefficient (Wildman–Crippen LogP) is 2.95. The third kappa shape index (κ3) is 5.13. The van der Waals surface area contributed by atoms with Crippen LogP contribution in [0.1, 0.15) is 38.7 Å². The molecule has 124 valence electrons. The van der Waals surface area contributed by atoms with Crippen molar-refractivity contribution in [3.63, 3.8) is 0 Å². The van der Waals surface area contributed by atoms with Crippen LogP contribution in [-0.2, 0) is 11.2 Å². The molecule has 0 aliphatic carbocycles. The fourth-order valence-electron chi connectivity index (χ4n) is 2.39. The molecular weight excluding hydrogens is 282 g/mol. The van der Waals surface area contributed by atoms with Crippen LogP contribution in [-0.4, -0.2) is 33.3 Å². The highest BCUT2D eigenvalue weighted by Crippen LogP contribution is 2.38. The van der Waals surface area contributed by atoms with E-state index in [1.807, 2.05) is 19.1 Å². The van der Waals surface area contributed by atoms with Gasteiger partial charge in [0.2, 0.25) is 11.7 Å². The van der Waals surface area contributed by atoms with Crippen molar-refractivity contribution in [2.75, 3.05) is 21.3 Å². The lowest BCUT2D eigenvalue weighted by Gasteiger charge is -2.15. The minimum Gasteiger partial charge on any atom is -0.493 e. The molecule has 0 aromatic heterocycles. The van der Waals surface area contributed by atoms with Crippen LogP contribution in [0, 0.1) is 0 Å². The number of carbonyl (C=O) groups is 1. The summed E-state index contributed by atoms with van der Waals surface area (Å²) in [6.45, 7) is 4.14. The fraction of sp³-hybridized carbons (Fsp3) is 0.588. The molecule has 1 rings (SSSR count). The summed E-state index contributed by atoms with van der Waals surface area (Å²) >= 11 is 0. The number of hydrogen-bond donors (Lipinski definition) is 1. The molecule has 1 atom stereocenters. The topological polar surface area (TPSA) is 56.8 Å². The second kappa shape index (κ2) is 9.18. The molecule has 0 saturated heterocycles. The van der Waals surface area contributed by atoms with E-state index in [1.165, 1.54) is 0 Å². The lowest BCUT2D eigenvalue weighted by Crippen LogP contribution is -2.32. The number of rotatable bonds is 9. The molecule has 1 unspecified atom stereocenters. The fourth-order valence-corrected chi connectivity index (χ4v) is 2.39. The third-order valence-electron chi connectivity index (χ3n) is 3.49. The zero-order chi connectivity index (χ0) is 16.5. The van der Waals surface area contributed by atoms with Gasteiger partial charge in [-0.2, -0.15) is 0 Å². The van der Waals surface area contributed by atoms with Crippen LogP contribution < -0.4 is 19.5 Å². The van der Waals surface area contributed by atoms with Gasteiger partial charge < -0.3 is 19.5 Å². The normalized spacial score (nSPS) is 11.7. The molecule has 1 amide bonds. The summed E-state index contributed by atoms with van der Waals surface area (Å²) in [6, 6.07) is 3.98. The maximum absolute atomic E-state index is 11.9. The molecule has 22 heavy (non-hydrogen) atoms. The van der Waals surface area contributed by atoms with Crippen molar-refractivity contribution in [2.45, 2.75) is 45.6 Å². The van der Waals surface area contributed by atoms with Gasteiger partial charge in [0.1, 0.15) is 0 Å². The molecule has 0 fully saturated rings. The molecule has 0 aliphatic rings. The molecule has 5 nitrogen and oxygen atoms in total. The molecule has 1 aromatic carbocycles. The lowest BCUT2D eigenvalue weighted by atomic mass is 10.1. The van der Waals surface area contributed by atoms with Gasteiger partial charge in [0.05, 0.1) is 21.3 Å². The number of nitrogens with one attached hydrogen (secondary N) is 1. The number of hydrogen-bond acceptors (Lipinski definition) is 4. The Bertz CT molecular complexity index is 463. The standard InChI is InChI=1S/C17H27NO4/c1-6-7-12(2)18-16(19)9-8-13-10-14(20-3)17(22-5)15(11-13)21-4/h10-12H,6-9H2,1-5H3,(H,18,19). The number of amides is 1. The molecule has 0 spiro atoms. The van der Waals surface area contributed by atoms with Crippen molar-refractivity contribution in [1.29, 1.82) is 0 Å². The van der Waals surface area contributed by atoms with E-state index in [1.54, 1.807) is 21.3 Å². The zero-order valence-corrected chi connectivity index (χ0v) is 14.2. The van der Waals surface area contributed by atoms with E-state index in [2.05, 4.69) is 12.2 Å². The lowest BCUT2D eigenvalue weighted by molar-refractivity contribution is -0.121. The van der Waals surface area contributed by atoms with Crippen LogP contribution in [0.5, 0.6) is 17.2 Å². The Kier molecular flexibility index (Phi) is 7.57. The zero-order valence-electron chi connectivity index (χ0n) is 14.2. The van der Waals surface area contributed by atoms with Gasteiger partial charge in [-0.3, -0.25) is 4.79 Å². The number of benzene rings is 1. The Labute approximate surface area is 132 Å². The predicted molar refractivity (Wildman–Crippen MR) is 86.9 cm³/mol. The van der Waals surface area contributed by atoms with Crippen molar-refractivity contribution in [1.82, 2.24) is 5.32 Å². The molecule has 0 heterocycles. The van der Waals surface area contributed by atoms with Crippen LogP contribution in [0.3, 0.4) is 0 Å². The van der Waals surface area contributed by atoms with Crippen LogP contribution in [0.2, 0.25) is 0 Å². The van der Waals surface area contributed by atoms with Crippen molar-refractivity contribution in [3.05, 3.63) is 17.7 Å². The van der Waals surface area contributed by atoms with Gasteiger partial charge in [0.15, 0.2) is 11.5 Å². The average molecular weight is 309 g/mol. The second-order valence-electron chi connectivity index (χ2n) is 5.29. The van der Waals surface area contributed by atoms with Crippen LogP contribution >= 0.6 is 0 Å². The minimum absolute atomic E-state index is 0.0645. The quantitative estimate of drug-likeness (QED) is 0.762. The molecular formula is C17H27NO4. The molecule has 0 bridgehead atoms. The van der Waals surface area contributed by atoms with Crippen molar-refractivity contribution >= 4 is 5.91 Å². The van der Waals surface area contributed by atoms with E-state index in [0.717, 1.165) is 18.4 Å². The van der Waals surface area contributed by atoms with E-state index in [9.17, 15) is 4.79 Å². The SMILES string of the molecule is CCCC(C)NC(=O)CCc1cc(OC)c(OC)c(OC)c1. The first-order valence-electron chi connectivity index (χ1n) is 7.63. The molecule has 5 heteroatoms. The highest BCUT2D eigenvalue weighted by atomic mass is 16.5. The first kappa shape index (κ1) is 18.1. The Hall–Kier alpha value is -1.91. The largest absolute Gasteiger partial charge is 0.493 e. The first-order chi connectivity index (χ1) is 10.5. The molecule has 1 aromatic rings. The summed E-state index contributed by atoms with van der Waals surface area (Å²) in [5, 5.41) is 3.00. The highest BCUT2D eigenvalue weighted by molar-refractivity contribution is 5.76. The number of methoxy groups -OCH3 is 3. The summed E-state index contributed by atoms with van der Waals surface area (Å²) in [7, 11) is 4.74. The molecule has 0 saturated carbocycles. The Morgan fingerprint density at radius 2 is 1.73 bits per heavy atom. The Morgan fingerprint density at radius 1 is 1.14 bits per heavy atom. The monoisotopic (exact) mass is 309 g/mol. The van der Waals surface area contributed by atoms with Gasteiger partial charge in [0.25, 0.3) is 0 Å². The van der Waals surface area contributed by atoms with E-state index < -0.39 is 0 Å². The third-order valence-corrected chi connectivity index (χ3v) is 3.49. The van der Waals surface area contributed by atoms with Crippen molar-refractivity contribution in [3.8, 4) is 17.2 Å². The van der Waals surface area contributed by atoms with Crippen molar-refractivity contribution in [2.24, 2.45) is 0 Å². The van der Waals surface area contributed by atoms with Gasteiger partial charge in [-0.15, -0.1) is 0 Å². The van der Waals surface area contributed by atoms with Gasteiger partial charge in [-0.25, -0.2) is 0 Å². The van der Waals surface area contributed by atoms with E-state index in [0.29, 0.717) is 30.1 Å².